The second kappa shape index (κ2) is 6.07. The average Bonchev–Trinajstić information content (AvgIpc) is 3.06. The Morgan fingerprint density at radius 3 is 2.72 bits per heavy atom. The minimum absolute atomic E-state index is 0.00991. The lowest BCUT2D eigenvalue weighted by atomic mass is 10.1. The van der Waals surface area contributed by atoms with Crippen LogP contribution in [-0.2, 0) is 10.0 Å². The molecule has 1 heterocycles. The van der Waals surface area contributed by atoms with Crippen molar-refractivity contribution in [3.8, 4) is 0 Å². The minimum Gasteiger partial charge on any atom is -0.300 e. The molecule has 1 saturated carbocycles. The number of halogens is 1. The zero-order chi connectivity index (χ0) is 13.2. The monoisotopic (exact) mass is 294 g/mol. The molecule has 1 aliphatic heterocycles. The SMILES string of the molecule is CC(CCl)CS(=O)(=O)NCC1CCN(C2CC2)C1. The zero-order valence-electron chi connectivity index (χ0n) is 10.9. The summed E-state index contributed by atoms with van der Waals surface area (Å²) in [5.41, 5.74) is 0. The molecule has 2 fully saturated rings. The van der Waals surface area contributed by atoms with Crippen LogP contribution in [0.15, 0.2) is 0 Å². The van der Waals surface area contributed by atoms with Gasteiger partial charge in [-0.3, -0.25) is 0 Å². The van der Waals surface area contributed by atoms with E-state index in [2.05, 4.69) is 9.62 Å². The van der Waals surface area contributed by atoms with Gasteiger partial charge in [0, 0.05) is 25.0 Å². The van der Waals surface area contributed by atoms with E-state index < -0.39 is 10.0 Å². The first-order valence-electron chi connectivity index (χ1n) is 6.77. The number of likely N-dealkylation sites (tertiary alicyclic amines) is 1. The maximum Gasteiger partial charge on any atom is 0.211 e. The Morgan fingerprint density at radius 2 is 2.11 bits per heavy atom. The van der Waals surface area contributed by atoms with E-state index in [1.54, 1.807) is 0 Å². The summed E-state index contributed by atoms with van der Waals surface area (Å²) < 4.78 is 26.3. The van der Waals surface area contributed by atoms with Crippen LogP contribution in [0.5, 0.6) is 0 Å². The topological polar surface area (TPSA) is 49.4 Å². The quantitative estimate of drug-likeness (QED) is 0.719. The second-order valence-corrected chi connectivity index (χ2v) is 7.93. The Balaban J connectivity index is 1.70. The van der Waals surface area contributed by atoms with Crippen LogP contribution in [0.4, 0.5) is 0 Å². The van der Waals surface area contributed by atoms with Gasteiger partial charge in [-0.1, -0.05) is 6.92 Å². The lowest BCUT2D eigenvalue weighted by Crippen LogP contribution is -2.34. The van der Waals surface area contributed by atoms with E-state index in [1.807, 2.05) is 6.92 Å². The molecule has 1 N–H and O–H groups in total. The van der Waals surface area contributed by atoms with Crippen molar-refractivity contribution >= 4 is 21.6 Å². The first-order chi connectivity index (χ1) is 8.50. The number of rotatable bonds is 7. The molecular weight excluding hydrogens is 272 g/mol. The highest BCUT2D eigenvalue weighted by molar-refractivity contribution is 7.89. The average molecular weight is 295 g/mol. The predicted molar refractivity (Wildman–Crippen MR) is 74.4 cm³/mol. The standard InChI is InChI=1S/C12H23ClN2O2S/c1-10(6-13)9-18(16,17)14-7-11-4-5-15(8-11)12-2-3-12/h10-12,14H,2-9H2,1H3. The summed E-state index contributed by atoms with van der Waals surface area (Å²) in [5.74, 6) is 1.01. The van der Waals surface area contributed by atoms with Crippen molar-refractivity contribution in [2.24, 2.45) is 11.8 Å². The normalized spacial score (nSPS) is 27.6. The van der Waals surface area contributed by atoms with Gasteiger partial charge in [-0.05, 0) is 37.6 Å². The predicted octanol–water partition coefficient (Wildman–Crippen LogP) is 1.26. The van der Waals surface area contributed by atoms with Crippen LogP contribution < -0.4 is 4.72 Å². The highest BCUT2D eigenvalue weighted by Crippen LogP contribution is 2.31. The van der Waals surface area contributed by atoms with Gasteiger partial charge in [0.2, 0.25) is 10.0 Å². The van der Waals surface area contributed by atoms with Crippen LogP contribution in [0.3, 0.4) is 0 Å². The summed E-state index contributed by atoms with van der Waals surface area (Å²) in [5, 5.41) is 0. The van der Waals surface area contributed by atoms with Crippen molar-refractivity contribution in [1.29, 1.82) is 0 Å². The molecule has 6 heteroatoms. The number of hydrogen-bond donors (Lipinski definition) is 1. The minimum atomic E-state index is -3.16. The summed E-state index contributed by atoms with van der Waals surface area (Å²) >= 11 is 5.65. The van der Waals surface area contributed by atoms with Crippen molar-refractivity contribution in [3.63, 3.8) is 0 Å². The molecule has 1 aliphatic carbocycles. The first kappa shape index (κ1) is 14.6. The summed E-state index contributed by atoms with van der Waals surface area (Å²) in [6.07, 6.45) is 3.77. The molecule has 0 spiro atoms. The Kier molecular flexibility index (Phi) is 4.92. The summed E-state index contributed by atoms with van der Waals surface area (Å²) in [6, 6.07) is 0.794. The highest BCUT2D eigenvalue weighted by Gasteiger charge is 2.34. The molecule has 2 rings (SSSR count). The molecule has 0 aromatic carbocycles. The molecule has 0 bridgehead atoms. The third-order valence-electron chi connectivity index (χ3n) is 3.74. The van der Waals surface area contributed by atoms with E-state index in [0.717, 1.165) is 25.6 Å². The van der Waals surface area contributed by atoms with Gasteiger partial charge in [-0.25, -0.2) is 13.1 Å². The molecule has 18 heavy (non-hydrogen) atoms. The molecule has 2 atom stereocenters. The van der Waals surface area contributed by atoms with Crippen LogP contribution in [0.1, 0.15) is 26.2 Å². The fourth-order valence-electron chi connectivity index (χ4n) is 2.52. The Labute approximate surface area is 115 Å². The number of hydrogen-bond acceptors (Lipinski definition) is 3. The molecular formula is C12H23ClN2O2S. The van der Waals surface area contributed by atoms with E-state index >= 15 is 0 Å². The highest BCUT2D eigenvalue weighted by atomic mass is 35.5. The van der Waals surface area contributed by atoms with Crippen LogP contribution in [0.25, 0.3) is 0 Å². The fourth-order valence-corrected chi connectivity index (χ4v) is 4.24. The molecule has 1 saturated heterocycles. The lowest BCUT2D eigenvalue weighted by Gasteiger charge is -2.16. The van der Waals surface area contributed by atoms with E-state index in [-0.39, 0.29) is 11.7 Å². The van der Waals surface area contributed by atoms with Gasteiger partial charge in [0.1, 0.15) is 0 Å². The Bertz CT molecular complexity index is 370. The van der Waals surface area contributed by atoms with Crippen molar-refractivity contribution in [1.82, 2.24) is 9.62 Å². The molecule has 0 radical (unpaired) electrons. The Morgan fingerprint density at radius 1 is 1.39 bits per heavy atom. The lowest BCUT2D eigenvalue weighted by molar-refractivity contribution is 0.314. The second-order valence-electron chi connectivity index (χ2n) is 5.77. The summed E-state index contributed by atoms with van der Waals surface area (Å²) in [6.45, 7) is 4.63. The number of sulfonamides is 1. The van der Waals surface area contributed by atoms with E-state index in [1.165, 1.54) is 12.8 Å². The fraction of sp³-hybridized carbons (Fsp3) is 1.00. The van der Waals surface area contributed by atoms with Gasteiger partial charge < -0.3 is 4.90 Å². The van der Waals surface area contributed by atoms with Crippen molar-refractivity contribution in [2.75, 3.05) is 31.3 Å². The summed E-state index contributed by atoms with van der Waals surface area (Å²) in [4.78, 5) is 2.50. The van der Waals surface area contributed by atoms with Crippen LogP contribution >= 0.6 is 11.6 Å². The maximum absolute atomic E-state index is 11.8. The maximum atomic E-state index is 11.8. The molecule has 2 aliphatic rings. The molecule has 2 unspecified atom stereocenters. The first-order valence-corrected chi connectivity index (χ1v) is 8.96. The Hall–Kier alpha value is 0.160. The third-order valence-corrected chi connectivity index (χ3v) is 5.88. The van der Waals surface area contributed by atoms with Crippen LogP contribution in [-0.4, -0.2) is 50.6 Å². The largest absolute Gasteiger partial charge is 0.300 e. The zero-order valence-corrected chi connectivity index (χ0v) is 12.5. The van der Waals surface area contributed by atoms with Gasteiger partial charge in [0.15, 0.2) is 0 Å². The van der Waals surface area contributed by atoms with Gasteiger partial charge in [-0.15, -0.1) is 11.6 Å². The molecule has 0 aromatic rings. The van der Waals surface area contributed by atoms with Crippen LogP contribution in [0, 0.1) is 11.8 Å². The molecule has 0 amide bonds. The van der Waals surface area contributed by atoms with Gasteiger partial charge in [0.25, 0.3) is 0 Å². The van der Waals surface area contributed by atoms with E-state index in [0.29, 0.717) is 18.3 Å². The van der Waals surface area contributed by atoms with Crippen molar-refractivity contribution < 1.29 is 8.42 Å². The van der Waals surface area contributed by atoms with E-state index in [9.17, 15) is 8.42 Å². The molecule has 106 valence electrons. The van der Waals surface area contributed by atoms with E-state index in [4.69, 9.17) is 11.6 Å². The van der Waals surface area contributed by atoms with Gasteiger partial charge in [0.05, 0.1) is 5.75 Å². The van der Waals surface area contributed by atoms with Gasteiger partial charge in [-0.2, -0.15) is 0 Å². The number of alkyl halides is 1. The molecule has 4 nitrogen and oxygen atoms in total. The van der Waals surface area contributed by atoms with Crippen molar-refractivity contribution in [2.45, 2.75) is 32.2 Å². The van der Waals surface area contributed by atoms with Gasteiger partial charge >= 0.3 is 0 Å². The summed E-state index contributed by atoms with van der Waals surface area (Å²) in [7, 11) is -3.16. The smallest absolute Gasteiger partial charge is 0.211 e. The number of nitrogens with one attached hydrogen (secondary N) is 1. The molecule has 0 aromatic heterocycles. The third kappa shape index (κ3) is 4.37. The van der Waals surface area contributed by atoms with Crippen LogP contribution in [0.2, 0.25) is 0 Å². The van der Waals surface area contributed by atoms with Crippen molar-refractivity contribution in [3.05, 3.63) is 0 Å². The number of nitrogens with zero attached hydrogens (tertiary/aromatic N) is 1.